The Morgan fingerprint density at radius 1 is 0.970 bits per heavy atom. The molecule has 3 aromatic heterocycles. The third-order valence-electron chi connectivity index (χ3n) is 5.56. The summed E-state index contributed by atoms with van der Waals surface area (Å²) in [6.45, 7) is -3.14. The first kappa shape index (κ1) is 22.9. The summed E-state index contributed by atoms with van der Waals surface area (Å²) in [5.41, 5.74) is -1.50. The summed E-state index contributed by atoms with van der Waals surface area (Å²) in [4.78, 5) is 16.3. The fraction of sp³-hybridized carbons (Fsp3) is 0.450. The van der Waals surface area contributed by atoms with Crippen molar-refractivity contribution in [2.75, 3.05) is 5.32 Å². The largest absolute Gasteiger partial charge is 0.368 e. The molecule has 0 spiro atoms. The Kier molecular flexibility index (Phi) is 6.47. The van der Waals surface area contributed by atoms with Gasteiger partial charge in [0.05, 0.1) is 5.56 Å². The Morgan fingerprint density at radius 3 is 2.30 bits per heavy atom. The van der Waals surface area contributed by atoms with E-state index in [-0.39, 0.29) is 22.5 Å². The van der Waals surface area contributed by atoms with E-state index < -0.39 is 36.6 Å². The lowest BCUT2D eigenvalue weighted by molar-refractivity contribution is 0.0537. The topological polar surface area (TPSA) is 76.2 Å². The van der Waals surface area contributed by atoms with Crippen LogP contribution in [0.4, 0.5) is 32.2 Å². The Balaban J connectivity index is 1.37. The Bertz CT molecular complexity index is 1120. The molecule has 1 saturated carbocycles. The zero-order valence-electron chi connectivity index (χ0n) is 17.1. The smallest absolute Gasteiger partial charge is 0.333 e. The molecule has 0 bridgehead atoms. The molecule has 1 fully saturated rings. The van der Waals surface area contributed by atoms with Crippen molar-refractivity contribution in [1.29, 1.82) is 0 Å². The lowest BCUT2D eigenvalue weighted by atomic mass is 9.91. The number of aromatic nitrogens is 4. The summed E-state index contributed by atoms with van der Waals surface area (Å²) in [7, 11) is 0. The lowest BCUT2D eigenvalue weighted by Gasteiger charge is -2.30. The molecule has 0 radical (unpaired) electrons. The minimum Gasteiger partial charge on any atom is -0.368 e. The van der Waals surface area contributed by atoms with E-state index in [0.717, 1.165) is 0 Å². The van der Waals surface area contributed by atoms with Crippen LogP contribution < -0.4 is 10.6 Å². The van der Waals surface area contributed by atoms with Gasteiger partial charge in [0.25, 0.3) is 18.8 Å². The van der Waals surface area contributed by atoms with Gasteiger partial charge < -0.3 is 10.6 Å². The number of fused-ring (bicyclic) bond motifs is 1. The molecule has 3 heterocycles. The molecular weight excluding hydrogens is 454 g/mol. The van der Waals surface area contributed by atoms with E-state index in [2.05, 4.69) is 20.7 Å². The molecule has 1 aliphatic carbocycles. The maximum atomic E-state index is 13.1. The highest BCUT2D eigenvalue weighted by molar-refractivity contribution is 5.95. The van der Waals surface area contributed by atoms with E-state index in [1.165, 1.54) is 6.20 Å². The minimum absolute atomic E-state index is 0.0145. The molecule has 0 aliphatic heterocycles. The highest BCUT2D eigenvalue weighted by atomic mass is 19.3. The molecule has 33 heavy (non-hydrogen) atoms. The number of carbonyl (C=O) groups excluding carboxylic acids is 1. The highest BCUT2D eigenvalue weighted by Crippen LogP contribution is 2.27. The van der Waals surface area contributed by atoms with Crippen LogP contribution >= 0.6 is 0 Å². The predicted molar refractivity (Wildman–Crippen MR) is 106 cm³/mol. The van der Waals surface area contributed by atoms with E-state index in [4.69, 9.17) is 0 Å². The predicted octanol–water partition coefficient (Wildman–Crippen LogP) is 4.95. The van der Waals surface area contributed by atoms with Gasteiger partial charge in [-0.05, 0) is 37.8 Å². The Morgan fingerprint density at radius 2 is 1.67 bits per heavy atom. The van der Waals surface area contributed by atoms with Gasteiger partial charge in [0, 0.05) is 24.5 Å². The van der Waals surface area contributed by atoms with Crippen molar-refractivity contribution in [2.24, 2.45) is 0 Å². The van der Waals surface area contributed by atoms with E-state index >= 15 is 0 Å². The monoisotopic (exact) mass is 474 g/mol. The van der Waals surface area contributed by atoms with Gasteiger partial charge in [-0.2, -0.15) is 13.9 Å². The van der Waals surface area contributed by atoms with Gasteiger partial charge in [-0.3, -0.25) is 9.20 Å². The SMILES string of the molecule is O=C(N[C@H]1CC[C@@H](Nc2cccc3nc(C(F)F)cn23)CC1)c1cn(C(F)F)nc1C(F)F. The van der Waals surface area contributed by atoms with E-state index in [0.29, 0.717) is 43.3 Å². The Hall–Kier alpha value is -3.25. The van der Waals surface area contributed by atoms with Gasteiger partial charge in [0.1, 0.15) is 22.9 Å². The van der Waals surface area contributed by atoms with Crippen molar-refractivity contribution in [3.8, 4) is 0 Å². The van der Waals surface area contributed by atoms with Crippen LogP contribution in [0.2, 0.25) is 0 Å². The quantitative estimate of drug-likeness (QED) is 0.475. The number of amides is 1. The van der Waals surface area contributed by atoms with Crippen LogP contribution in [0.25, 0.3) is 5.65 Å². The van der Waals surface area contributed by atoms with Gasteiger partial charge >= 0.3 is 6.55 Å². The molecule has 0 saturated heterocycles. The summed E-state index contributed by atoms with van der Waals surface area (Å²) >= 11 is 0. The fourth-order valence-corrected chi connectivity index (χ4v) is 3.95. The first-order chi connectivity index (χ1) is 15.7. The third-order valence-corrected chi connectivity index (χ3v) is 5.56. The summed E-state index contributed by atoms with van der Waals surface area (Å²) in [6, 6.07) is 4.72. The number of halogens is 6. The number of alkyl halides is 6. The number of pyridine rings is 1. The van der Waals surface area contributed by atoms with Crippen molar-refractivity contribution in [3.63, 3.8) is 0 Å². The fourth-order valence-electron chi connectivity index (χ4n) is 3.95. The van der Waals surface area contributed by atoms with Gasteiger partial charge in [-0.25, -0.2) is 27.2 Å². The second-order valence-corrected chi connectivity index (χ2v) is 7.76. The van der Waals surface area contributed by atoms with Crippen molar-refractivity contribution in [2.45, 2.75) is 57.2 Å². The van der Waals surface area contributed by atoms with E-state index in [1.54, 1.807) is 22.6 Å². The van der Waals surface area contributed by atoms with Crippen LogP contribution in [0.5, 0.6) is 0 Å². The first-order valence-electron chi connectivity index (χ1n) is 10.2. The van der Waals surface area contributed by atoms with Crippen molar-refractivity contribution >= 4 is 17.4 Å². The molecule has 13 heteroatoms. The number of anilines is 1. The van der Waals surface area contributed by atoms with E-state index in [1.807, 2.05) is 0 Å². The Labute approximate surface area is 183 Å². The van der Waals surface area contributed by atoms with E-state index in [9.17, 15) is 31.1 Å². The summed E-state index contributed by atoms with van der Waals surface area (Å²) < 4.78 is 79.3. The number of hydrogen-bond acceptors (Lipinski definition) is 4. The molecule has 0 aromatic carbocycles. The summed E-state index contributed by atoms with van der Waals surface area (Å²) in [5, 5.41) is 9.02. The molecule has 3 aromatic rings. The number of hydrogen-bond donors (Lipinski definition) is 2. The molecule has 1 amide bonds. The van der Waals surface area contributed by atoms with Crippen LogP contribution in [0.15, 0.2) is 30.6 Å². The number of nitrogens with one attached hydrogen (secondary N) is 2. The highest BCUT2D eigenvalue weighted by Gasteiger charge is 2.28. The van der Waals surface area contributed by atoms with Gasteiger partial charge in [-0.15, -0.1) is 0 Å². The molecular formula is C20H20F6N6O. The lowest BCUT2D eigenvalue weighted by Crippen LogP contribution is -2.40. The molecule has 0 atom stereocenters. The van der Waals surface area contributed by atoms with Gasteiger partial charge in [0.2, 0.25) is 0 Å². The first-order valence-corrected chi connectivity index (χ1v) is 10.2. The van der Waals surface area contributed by atoms with Gasteiger partial charge in [0.15, 0.2) is 0 Å². The van der Waals surface area contributed by atoms with Crippen molar-refractivity contribution in [3.05, 3.63) is 47.5 Å². The molecule has 4 rings (SSSR count). The number of imidazole rings is 1. The zero-order valence-corrected chi connectivity index (χ0v) is 17.1. The van der Waals surface area contributed by atoms with Crippen molar-refractivity contribution < 1.29 is 31.1 Å². The van der Waals surface area contributed by atoms with Gasteiger partial charge in [-0.1, -0.05) is 6.07 Å². The normalized spacial score (nSPS) is 19.1. The summed E-state index contributed by atoms with van der Waals surface area (Å²) in [5.74, 6) is -0.281. The van der Waals surface area contributed by atoms with Crippen molar-refractivity contribution in [1.82, 2.24) is 24.5 Å². The molecule has 0 unspecified atom stereocenters. The van der Waals surface area contributed by atoms with Crippen LogP contribution in [0, 0.1) is 0 Å². The second kappa shape index (κ2) is 9.32. The third kappa shape index (κ3) is 4.91. The maximum absolute atomic E-state index is 13.1. The molecule has 178 valence electrons. The van der Waals surface area contributed by atoms with Crippen LogP contribution in [0.3, 0.4) is 0 Å². The number of rotatable bonds is 7. The standard InChI is InChI=1S/C20H20F6N6O/c21-17(22)13-9-31-14(2-1-3-15(31)29-13)27-10-4-6-11(7-5-10)28-19(33)12-8-32(20(25)26)30-16(12)18(23)24/h1-3,8-11,17-18,20,27H,4-7H2,(H,28,33)/t10-,11+. The maximum Gasteiger partial charge on any atom is 0.333 e. The number of carbonyl (C=O) groups is 1. The van der Waals surface area contributed by atoms with Crippen LogP contribution in [-0.4, -0.2) is 37.2 Å². The average molecular weight is 474 g/mol. The molecule has 1 aliphatic rings. The van der Waals surface area contributed by atoms with Crippen LogP contribution in [-0.2, 0) is 0 Å². The average Bonchev–Trinajstić information content (AvgIpc) is 3.41. The zero-order chi connectivity index (χ0) is 23.7. The van der Waals surface area contributed by atoms with Crippen LogP contribution in [0.1, 0.15) is 66.8 Å². The second-order valence-electron chi connectivity index (χ2n) is 7.76. The minimum atomic E-state index is -3.16. The molecule has 2 N–H and O–H groups in total. The molecule has 7 nitrogen and oxygen atoms in total. The summed E-state index contributed by atoms with van der Waals surface area (Å²) in [6.07, 6.45) is -1.72. The number of nitrogens with zero attached hydrogens (tertiary/aromatic N) is 4.